The molecular weight excluding hydrogens is 306 g/mol. The lowest BCUT2D eigenvalue weighted by molar-refractivity contribution is -0.163. The van der Waals surface area contributed by atoms with E-state index in [2.05, 4.69) is 15.9 Å². The molecule has 0 aromatic heterocycles. The number of hydrogen-bond acceptors (Lipinski definition) is 1. The molecule has 0 aliphatic heterocycles. The lowest BCUT2D eigenvalue weighted by Gasteiger charge is -2.17. The van der Waals surface area contributed by atoms with Gasteiger partial charge in [-0.1, -0.05) is 0 Å². The summed E-state index contributed by atoms with van der Waals surface area (Å²) in [5.41, 5.74) is -4.00. The van der Waals surface area contributed by atoms with Crippen LogP contribution < -0.4 is 0 Å². The van der Waals surface area contributed by atoms with Gasteiger partial charge in [0, 0.05) is 0 Å². The number of phenols is 1. The summed E-state index contributed by atoms with van der Waals surface area (Å²) in [6, 6.07) is 0.958. The minimum atomic E-state index is -5.28. The summed E-state index contributed by atoms with van der Waals surface area (Å²) in [5.74, 6) is -1.47. The molecule has 90 valence electrons. The monoisotopic (exact) mass is 308 g/mol. The first-order valence-electron chi connectivity index (χ1n) is 3.71. The third-order valence-corrected chi connectivity index (χ3v) is 2.36. The lowest BCUT2D eigenvalue weighted by atomic mass is 10.1. The molecule has 0 fully saturated rings. The van der Waals surface area contributed by atoms with E-state index in [9.17, 15) is 26.3 Å². The molecule has 1 aromatic carbocycles. The lowest BCUT2D eigenvalue weighted by Crippen LogP contribution is -2.16. The van der Waals surface area contributed by atoms with E-state index in [0.717, 1.165) is 0 Å². The van der Waals surface area contributed by atoms with Gasteiger partial charge >= 0.3 is 12.4 Å². The van der Waals surface area contributed by atoms with Crippen molar-refractivity contribution in [2.24, 2.45) is 0 Å². The molecule has 0 amide bonds. The molecule has 0 spiro atoms. The molecule has 1 N–H and O–H groups in total. The van der Waals surface area contributed by atoms with Gasteiger partial charge in [0.1, 0.15) is 11.3 Å². The SMILES string of the molecule is Oc1c(Br)ccc(C(F)(F)F)c1C(F)(F)F. The van der Waals surface area contributed by atoms with Gasteiger partial charge in [0.2, 0.25) is 0 Å². The molecule has 0 aliphatic carbocycles. The highest BCUT2D eigenvalue weighted by Crippen LogP contribution is 2.46. The van der Waals surface area contributed by atoms with E-state index >= 15 is 0 Å². The van der Waals surface area contributed by atoms with Crippen LogP contribution in [-0.4, -0.2) is 5.11 Å². The highest BCUT2D eigenvalue weighted by Gasteiger charge is 2.45. The summed E-state index contributed by atoms with van der Waals surface area (Å²) in [4.78, 5) is 0. The zero-order chi connectivity index (χ0) is 12.7. The minimum absolute atomic E-state index is 0.257. The van der Waals surface area contributed by atoms with Crippen molar-refractivity contribution in [2.45, 2.75) is 12.4 Å². The normalized spacial score (nSPS) is 12.9. The van der Waals surface area contributed by atoms with E-state index in [0.29, 0.717) is 6.07 Å². The molecule has 1 aromatic rings. The van der Waals surface area contributed by atoms with Crippen LogP contribution in [0, 0.1) is 0 Å². The van der Waals surface area contributed by atoms with Crippen molar-refractivity contribution < 1.29 is 31.4 Å². The van der Waals surface area contributed by atoms with E-state index in [1.807, 2.05) is 0 Å². The fraction of sp³-hybridized carbons (Fsp3) is 0.250. The van der Waals surface area contributed by atoms with Crippen LogP contribution in [0.3, 0.4) is 0 Å². The molecule has 0 atom stereocenters. The molecule has 16 heavy (non-hydrogen) atoms. The fourth-order valence-corrected chi connectivity index (χ4v) is 1.42. The van der Waals surface area contributed by atoms with Crippen molar-refractivity contribution >= 4 is 15.9 Å². The molecule has 1 nitrogen and oxygen atoms in total. The average molecular weight is 309 g/mol. The molecule has 0 bridgehead atoms. The molecule has 8 heteroatoms. The number of benzene rings is 1. The first-order chi connectivity index (χ1) is 7.05. The Kier molecular flexibility index (Phi) is 3.15. The summed E-state index contributed by atoms with van der Waals surface area (Å²) >= 11 is 2.52. The van der Waals surface area contributed by atoms with E-state index in [-0.39, 0.29) is 6.07 Å². The Hall–Kier alpha value is -0.920. The van der Waals surface area contributed by atoms with Crippen LogP contribution in [0.2, 0.25) is 0 Å². The topological polar surface area (TPSA) is 20.2 Å². The number of hydrogen-bond donors (Lipinski definition) is 1. The van der Waals surface area contributed by atoms with Crippen molar-refractivity contribution in [3.63, 3.8) is 0 Å². The average Bonchev–Trinajstić information content (AvgIpc) is 2.05. The van der Waals surface area contributed by atoms with Crippen LogP contribution >= 0.6 is 15.9 Å². The zero-order valence-corrected chi connectivity index (χ0v) is 8.83. The maximum atomic E-state index is 12.3. The molecule has 0 saturated carbocycles. The van der Waals surface area contributed by atoms with Crippen LogP contribution in [0.5, 0.6) is 5.75 Å². The molecule has 0 aliphatic rings. The predicted octanol–water partition coefficient (Wildman–Crippen LogP) is 4.19. The van der Waals surface area contributed by atoms with E-state index in [1.165, 1.54) is 0 Å². The maximum absolute atomic E-state index is 12.3. The summed E-state index contributed by atoms with van der Waals surface area (Å²) < 4.78 is 73.4. The van der Waals surface area contributed by atoms with Gasteiger partial charge in [-0.15, -0.1) is 0 Å². The summed E-state index contributed by atoms with van der Waals surface area (Å²) in [6.45, 7) is 0. The smallest absolute Gasteiger partial charge is 0.420 e. The van der Waals surface area contributed by atoms with Crippen molar-refractivity contribution in [1.29, 1.82) is 0 Å². The van der Waals surface area contributed by atoms with Gasteiger partial charge in [0.05, 0.1) is 10.0 Å². The number of phenolic OH excluding ortho intramolecular Hbond substituents is 1. The number of rotatable bonds is 0. The summed E-state index contributed by atoms with van der Waals surface area (Å²) in [6.07, 6.45) is -10.5. The van der Waals surface area contributed by atoms with Gasteiger partial charge in [-0.2, -0.15) is 26.3 Å². The third kappa shape index (κ3) is 2.42. The largest absolute Gasteiger partial charge is 0.506 e. The highest BCUT2D eigenvalue weighted by atomic mass is 79.9. The van der Waals surface area contributed by atoms with Crippen molar-refractivity contribution in [2.75, 3.05) is 0 Å². The first-order valence-corrected chi connectivity index (χ1v) is 4.50. The Morgan fingerprint density at radius 2 is 1.44 bits per heavy atom. The van der Waals surface area contributed by atoms with E-state index in [1.54, 1.807) is 0 Å². The van der Waals surface area contributed by atoms with Crippen LogP contribution in [0.1, 0.15) is 11.1 Å². The molecule has 0 saturated heterocycles. The van der Waals surface area contributed by atoms with Crippen LogP contribution in [0.25, 0.3) is 0 Å². The van der Waals surface area contributed by atoms with Gasteiger partial charge in [-0.3, -0.25) is 0 Å². The van der Waals surface area contributed by atoms with Crippen LogP contribution in [0.4, 0.5) is 26.3 Å². The van der Waals surface area contributed by atoms with Gasteiger partial charge < -0.3 is 5.11 Å². The fourth-order valence-electron chi connectivity index (χ4n) is 1.09. The molecule has 1 rings (SSSR count). The molecule has 0 unspecified atom stereocenters. The Bertz CT molecular complexity index is 408. The second-order valence-corrected chi connectivity index (χ2v) is 3.67. The van der Waals surface area contributed by atoms with Gasteiger partial charge in [0.25, 0.3) is 0 Å². The summed E-state index contributed by atoms with van der Waals surface area (Å²) in [5, 5.41) is 9.01. The molecular formula is C8H3BrF6O. The van der Waals surface area contributed by atoms with E-state index in [4.69, 9.17) is 5.11 Å². The Morgan fingerprint density at radius 3 is 1.81 bits per heavy atom. The minimum Gasteiger partial charge on any atom is -0.506 e. The Labute approximate surface area is 93.8 Å². The van der Waals surface area contributed by atoms with Crippen molar-refractivity contribution in [3.05, 3.63) is 27.7 Å². The number of aromatic hydroxyl groups is 1. The zero-order valence-electron chi connectivity index (χ0n) is 7.25. The van der Waals surface area contributed by atoms with Gasteiger partial charge in [-0.25, -0.2) is 0 Å². The second kappa shape index (κ2) is 3.83. The maximum Gasteiger partial charge on any atom is 0.420 e. The quantitative estimate of drug-likeness (QED) is 0.712. The Morgan fingerprint density at radius 1 is 0.938 bits per heavy atom. The third-order valence-electron chi connectivity index (χ3n) is 1.72. The van der Waals surface area contributed by atoms with E-state index < -0.39 is 33.7 Å². The van der Waals surface area contributed by atoms with Crippen LogP contribution in [-0.2, 0) is 12.4 Å². The second-order valence-electron chi connectivity index (χ2n) is 2.81. The molecule has 0 heterocycles. The highest BCUT2D eigenvalue weighted by molar-refractivity contribution is 9.10. The summed E-state index contributed by atoms with van der Waals surface area (Å²) in [7, 11) is 0. The van der Waals surface area contributed by atoms with Crippen molar-refractivity contribution in [1.82, 2.24) is 0 Å². The van der Waals surface area contributed by atoms with Crippen LogP contribution in [0.15, 0.2) is 16.6 Å². The van der Waals surface area contributed by atoms with Gasteiger partial charge in [0.15, 0.2) is 0 Å². The number of alkyl halides is 6. The van der Waals surface area contributed by atoms with Gasteiger partial charge in [-0.05, 0) is 28.1 Å². The Balaban J connectivity index is 3.59. The predicted molar refractivity (Wildman–Crippen MR) is 45.8 cm³/mol. The standard InChI is InChI=1S/C8H3BrF6O/c9-4-2-1-3(7(10,11)12)5(6(4)16)8(13,14)15/h1-2,16H. The number of halogens is 7. The molecule has 0 radical (unpaired) electrons. The van der Waals surface area contributed by atoms with Crippen molar-refractivity contribution in [3.8, 4) is 5.75 Å². The first kappa shape index (κ1) is 13.1.